The van der Waals surface area contributed by atoms with Gasteiger partial charge in [-0.2, -0.15) is 0 Å². The van der Waals surface area contributed by atoms with Crippen LogP contribution < -0.4 is 9.47 Å². The van der Waals surface area contributed by atoms with Gasteiger partial charge in [0.1, 0.15) is 5.69 Å². The molecule has 2 aromatic carbocycles. The highest BCUT2D eigenvalue weighted by Crippen LogP contribution is 2.36. The van der Waals surface area contributed by atoms with E-state index in [4.69, 9.17) is 14.2 Å². The fourth-order valence-corrected chi connectivity index (χ4v) is 2.96. The molecule has 8 nitrogen and oxygen atoms in total. The van der Waals surface area contributed by atoms with E-state index in [1.165, 1.54) is 12.1 Å². The Morgan fingerprint density at radius 1 is 1.19 bits per heavy atom. The van der Waals surface area contributed by atoms with E-state index in [0.29, 0.717) is 28.1 Å². The minimum Gasteiger partial charge on any atom is -0.461 e. The first-order valence-electron chi connectivity index (χ1n) is 7.95. The molecule has 0 aliphatic carbocycles. The number of nitrogens with zero attached hydrogens (tertiary/aromatic N) is 2. The lowest BCUT2D eigenvalue weighted by atomic mass is 10.2. The van der Waals surface area contributed by atoms with Gasteiger partial charge in [0.05, 0.1) is 22.7 Å². The summed E-state index contributed by atoms with van der Waals surface area (Å²) < 4.78 is 17.5. The molecule has 0 spiro atoms. The number of non-ortho nitro benzene ring substituents is 1. The van der Waals surface area contributed by atoms with E-state index in [-0.39, 0.29) is 24.8 Å². The molecular formula is C18H14N2O6. The molecule has 0 amide bonds. The quantitative estimate of drug-likeness (QED) is 0.405. The Labute approximate surface area is 147 Å². The fourth-order valence-electron chi connectivity index (χ4n) is 2.96. The number of ether oxygens (including phenoxy) is 3. The third-order valence-electron chi connectivity index (χ3n) is 4.10. The summed E-state index contributed by atoms with van der Waals surface area (Å²) >= 11 is 0. The summed E-state index contributed by atoms with van der Waals surface area (Å²) in [7, 11) is 0. The van der Waals surface area contributed by atoms with Crippen LogP contribution in [0.25, 0.3) is 16.6 Å². The number of carbonyl (C=O) groups excluding carboxylic acids is 1. The molecule has 0 radical (unpaired) electrons. The zero-order valence-corrected chi connectivity index (χ0v) is 13.8. The molecule has 1 aliphatic rings. The van der Waals surface area contributed by atoms with Gasteiger partial charge in [-0.25, -0.2) is 4.79 Å². The molecule has 0 N–H and O–H groups in total. The summed E-state index contributed by atoms with van der Waals surface area (Å²) in [6.45, 7) is 2.07. The van der Waals surface area contributed by atoms with Gasteiger partial charge in [-0.3, -0.25) is 10.1 Å². The Morgan fingerprint density at radius 2 is 2.00 bits per heavy atom. The summed E-state index contributed by atoms with van der Waals surface area (Å²) in [6, 6.07) is 11.3. The van der Waals surface area contributed by atoms with Crippen LogP contribution in [0.2, 0.25) is 0 Å². The first kappa shape index (κ1) is 15.9. The Morgan fingerprint density at radius 3 is 2.77 bits per heavy atom. The van der Waals surface area contributed by atoms with Crippen molar-refractivity contribution in [1.29, 1.82) is 0 Å². The maximum atomic E-state index is 12.4. The van der Waals surface area contributed by atoms with Gasteiger partial charge in [0, 0.05) is 23.6 Å². The van der Waals surface area contributed by atoms with Crippen molar-refractivity contribution in [2.24, 2.45) is 0 Å². The molecule has 0 saturated carbocycles. The number of nitro groups is 1. The van der Waals surface area contributed by atoms with Crippen LogP contribution in [0.3, 0.4) is 0 Å². The Hall–Kier alpha value is -3.55. The highest BCUT2D eigenvalue weighted by Gasteiger charge is 2.22. The van der Waals surface area contributed by atoms with E-state index < -0.39 is 10.9 Å². The third kappa shape index (κ3) is 2.52. The highest BCUT2D eigenvalue weighted by molar-refractivity contribution is 5.97. The van der Waals surface area contributed by atoms with Gasteiger partial charge in [-0.15, -0.1) is 0 Å². The van der Waals surface area contributed by atoms with Crippen LogP contribution in [0, 0.1) is 10.1 Å². The lowest BCUT2D eigenvalue weighted by Gasteiger charge is -2.11. The monoisotopic (exact) mass is 354 g/mol. The van der Waals surface area contributed by atoms with Crippen LogP contribution in [-0.4, -0.2) is 28.9 Å². The number of fused-ring (bicyclic) bond motifs is 2. The molecule has 0 saturated heterocycles. The number of rotatable bonds is 4. The minimum absolute atomic E-state index is 0.0620. The van der Waals surface area contributed by atoms with Crippen molar-refractivity contribution in [3.8, 4) is 17.2 Å². The Balaban J connectivity index is 1.97. The average molecular weight is 354 g/mol. The van der Waals surface area contributed by atoms with E-state index in [2.05, 4.69) is 0 Å². The first-order valence-corrected chi connectivity index (χ1v) is 7.95. The van der Waals surface area contributed by atoms with E-state index in [1.54, 1.807) is 41.8 Å². The number of aromatic nitrogens is 1. The first-order chi connectivity index (χ1) is 12.6. The molecule has 26 heavy (non-hydrogen) atoms. The molecule has 1 aromatic heterocycles. The van der Waals surface area contributed by atoms with Crippen molar-refractivity contribution >= 4 is 22.6 Å². The van der Waals surface area contributed by atoms with Gasteiger partial charge in [0.15, 0.2) is 11.5 Å². The van der Waals surface area contributed by atoms with Gasteiger partial charge in [-0.05, 0) is 31.2 Å². The van der Waals surface area contributed by atoms with Crippen LogP contribution in [-0.2, 0) is 4.74 Å². The number of nitro benzene ring substituents is 1. The smallest absolute Gasteiger partial charge is 0.355 e. The SMILES string of the molecule is CCOC(=O)c1cc2ccc([N+](=O)[O-])cc2n1-c1ccc2c(c1)OCO2. The molecule has 3 aromatic rings. The van der Waals surface area contributed by atoms with Gasteiger partial charge in [0.2, 0.25) is 6.79 Å². The molecule has 0 unspecified atom stereocenters. The van der Waals surface area contributed by atoms with Crippen LogP contribution in [0.15, 0.2) is 42.5 Å². The van der Waals surface area contributed by atoms with Gasteiger partial charge in [-0.1, -0.05) is 0 Å². The van der Waals surface area contributed by atoms with Crippen molar-refractivity contribution < 1.29 is 23.9 Å². The maximum Gasteiger partial charge on any atom is 0.355 e. The number of hydrogen-bond acceptors (Lipinski definition) is 6. The lowest BCUT2D eigenvalue weighted by Crippen LogP contribution is -2.11. The number of hydrogen-bond donors (Lipinski definition) is 0. The van der Waals surface area contributed by atoms with Crippen molar-refractivity contribution in [2.75, 3.05) is 13.4 Å². The largest absolute Gasteiger partial charge is 0.461 e. The van der Waals surface area contributed by atoms with Crippen molar-refractivity contribution in [3.63, 3.8) is 0 Å². The van der Waals surface area contributed by atoms with Gasteiger partial charge < -0.3 is 18.8 Å². The summed E-state index contributed by atoms with van der Waals surface area (Å²) in [5.41, 5.74) is 1.36. The minimum atomic E-state index is -0.510. The second-order valence-electron chi connectivity index (χ2n) is 5.62. The van der Waals surface area contributed by atoms with E-state index in [0.717, 1.165) is 0 Å². The lowest BCUT2D eigenvalue weighted by molar-refractivity contribution is -0.384. The average Bonchev–Trinajstić information content (AvgIpc) is 3.24. The maximum absolute atomic E-state index is 12.4. The summed E-state index contributed by atoms with van der Waals surface area (Å²) in [4.78, 5) is 23.1. The molecule has 8 heteroatoms. The number of benzene rings is 2. The standard InChI is InChI=1S/C18H14N2O6/c1-2-24-18(21)15-7-11-3-4-13(20(22)23)8-14(11)19(15)12-5-6-16-17(9-12)26-10-25-16/h3-9H,2,10H2,1H3. The van der Waals surface area contributed by atoms with E-state index in [1.807, 2.05) is 0 Å². The molecule has 0 atom stereocenters. The summed E-state index contributed by atoms with van der Waals surface area (Å²) in [5, 5.41) is 11.8. The van der Waals surface area contributed by atoms with Crippen LogP contribution in [0.5, 0.6) is 11.5 Å². The second kappa shape index (κ2) is 6.07. The highest BCUT2D eigenvalue weighted by atomic mass is 16.7. The van der Waals surface area contributed by atoms with Crippen molar-refractivity contribution in [3.05, 3.63) is 58.3 Å². The van der Waals surface area contributed by atoms with Crippen LogP contribution in [0.1, 0.15) is 17.4 Å². The van der Waals surface area contributed by atoms with Crippen LogP contribution >= 0.6 is 0 Å². The van der Waals surface area contributed by atoms with Gasteiger partial charge >= 0.3 is 5.97 Å². The predicted molar refractivity (Wildman–Crippen MR) is 92.0 cm³/mol. The molecular weight excluding hydrogens is 340 g/mol. The predicted octanol–water partition coefficient (Wildman–Crippen LogP) is 3.44. The molecule has 0 bridgehead atoms. The van der Waals surface area contributed by atoms with Crippen LogP contribution in [0.4, 0.5) is 5.69 Å². The number of carbonyl (C=O) groups is 1. The summed E-state index contributed by atoms with van der Waals surface area (Å²) in [5.74, 6) is 0.641. The molecule has 2 heterocycles. The zero-order chi connectivity index (χ0) is 18.3. The molecule has 0 fully saturated rings. The van der Waals surface area contributed by atoms with Crippen molar-refractivity contribution in [2.45, 2.75) is 6.92 Å². The van der Waals surface area contributed by atoms with Crippen molar-refractivity contribution in [1.82, 2.24) is 4.57 Å². The Kier molecular flexibility index (Phi) is 3.72. The molecule has 4 rings (SSSR count). The van der Waals surface area contributed by atoms with Gasteiger partial charge in [0.25, 0.3) is 5.69 Å². The number of esters is 1. The third-order valence-corrected chi connectivity index (χ3v) is 4.10. The summed E-state index contributed by atoms with van der Waals surface area (Å²) in [6.07, 6.45) is 0. The Bertz CT molecular complexity index is 1040. The van der Waals surface area contributed by atoms with E-state index >= 15 is 0 Å². The fraction of sp³-hybridized carbons (Fsp3) is 0.167. The van der Waals surface area contributed by atoms with E-state index in [9.17, 15) is 14.9 Å². The second-order valence-corrected chi connectivity index (χ2v) is 5.62. The molecule has 132 valence electrons. The molecule has 1 aliphatic heterocycles. The zero-order valence-electron chi connectivity index (χ0n) is 13.8. The normalized spacial score (nSPS) is 12.3. The topological polar surface area (TPSA) is 92.8 Å².